The van der Waals surface area contributed by atoms with Crippen LogP contribution in [0.1, 0.15) is 45.2 Å². The van der Waals surface area contributed by atoms with Gasteiger partial charge in [-0.05, 0) is 18.6 Å². The van der Waals surface area contributed by atoms with Crippen LogP contribution in [-0.4, -0.2) is 45.4 Å². The van der Waals surface area contributed by atoms with Crippen LogP contribution in [0, 0.1) is 0 Å². The fraction of sp³-hybridized carbons (Fsp3) is 0.263. The number of hydrogen-bond donors (Lipinski definition) is 3. The maximum Gasteiger partial charge on any atom is 0.271 e. The second kappa shape index (κ2) is 8.31. The number of carbonyl (C=O) groups excluding carboxylic acids is 2. The molecule has 0 aliphatic rings. The Kier molecular flexibility index (Phi) is 5.65. The monoisotopic (exact) mass is 366 g/mol. The zero-order valence-electron chi connectivity index (χ0n) is 15.3. The zero-order valence-corrected chi connectivity index (χ0v) is 15.3. The van der Waals surface area contributed by atoms with E-state index in [0.29, 0.717) is 18.7 Å². The summed E-state index contributed by atoms with van der Waals surface area (Å²) in [5, 5.41) is 16.6. The highest BCUT2D eigenvalue weighted by Crippen LogP contribution is 2.20. The van der Waals surface area contributed by atoms with Gasteiger partial charge < -0.3 is 10.6 Å². The summed E-state index contributed by atoms with van der Waals surface area (Å²) in [7, 11) is 1.53. The molecule has 140 valence electrons. The molecular weight excluding hydrogens is 344 g/mol. The Hall–Kier alpha value is -3.42. The number of hydrogen-bond acceptors (Lipinski definition) is 4. The summed E-state index contributed by atoms with van der Waals surface area (Å²) in [6, 6.07) is 12.9. The predicted molar refractivity (Wildman–Crippen MR) is 100 cm³/mol. The van der Waals surface area contributed by atoms with Crippen LogP contribution >= 0.6 is 0 Å². The van der Waals surface area contributed by atoms with Crippen LogP contribution in [0.5, 0.6) is 0 Å². The molecule has 0 unspecified atom stereocenters. The number of rotatable bonds is 7. The molecule has 2 aromatic heterocycles. The van der Waals surface area contributed by atoms with Crippen LogP contribution in [0.3, 0.4) is 0 Å². The number of nitrogens with zero attached hydrogens (tertiary/aromatic N) is 3. The smallest absolute Gasteiger partial charge is 0.271 e. The first-order chi connectivity index (χ1) is 13.1. The highest BCUT2D eigenvalue weighted by Gasteiger charge is 2.22. The molecule has 3 rings (SSSR count). The van der Waals surface area contributed by atoms with E-state index in [-0.39, 0.29) is 23.6 Å². The Morgan fingerprint density at radius 1 is 1.19 bits per heavy atom. The quantitative estimate of drug-likeness (QED) is 0.590. The van der Waals surface area contributed by atoms with E-state index in [2.05, 4.69) is 25.9 Å². The molecule has 3 N–H and O–H groups in total. The number of aromatic nitrogens is 4. The first kappa shape index (κ1) is 18.4. The van der Waals surface area contributed by atoms with E-state index in [1.165, 1.54) is 13.1 Å². The van der Waals surface area contributed by atoms with Crippen molar-refractivity contribution in [3.63, 3.8) is 0 Å². The average molecular weight is 366 g/mol. The number of H-pyrrole nitrogens is 1. The number of nitrogens with one attached hydrogen (secondary N) is 3. The average Bonchev–Trinajstić information content (AvgIpc) is 3.37. The maximum absolute atomic E-state index is 12.7. The topological polar surface area (TPSA) is 105 Å². The van der Waals surface area contributed by atoms with E-state index in [1.54, 1.807) is 10.9 Å². The van der Waals surface area contributed by atoms with Gasteiger partial charge in [-0.25, -0.2) is 0 Å². The molecule has 8 nitrogen and oxygen atoms in total. The van der Waals surface area contributed by atoms with Crippen molar-refractivity contribution in [3.05, 3.63) is 71.3 Å². The van der Waals surface area contributed by atoms with E-state index < -0.39 is 0 Å². The van der Waals surface area contributed by atoms with Gasteiger partial charge in [0.15, 0.2) is 5.69 Å². The van der Waals surface area contributed by atoms with Crippen molar-refractivity contribution >= 4 is 11.8 Å². The van der Waals surface area contributed by atoms with Crippen molar-refractivity contribution in [3.8, 4) is 0 Å². The standard InChI is InChI=1S/C19H22N6O2/c1-13(14-6-4-3-5-7-14)25-17(12-16(24-25)18(26)20-2)19(27)21-10-8-15-9-11-22-23-15/h3-7,9,11-13H,8,10H2,1-2H3,(H,20,26)(H,21,27)(H,22,23)/t13-/m0/s1. The molecule has 8 heteroatoms. The van der Waals surface area contributed by atoms with Crippen LogP contribution in [0.2, 0.25) is 0 Å². The predicted octanol–water partition coefficient (Wildman–Crippen LogP) is 1.55. The Bertz CT molecular complexity index is 902. The van der Waals surface area contributed by atoms with Crippen molar-refractivity contribution < 1.29 is 9.59 Å². The zero-order chi connectivity index (χ0) is 19.2. The van der Waals surface area contributed by atoms with Crippen LogP contribution in [0.4, 0.5) is 0 Å². The highest BCUT2D eigenvalue weighted by atomic mass is 16.2. The molecule has 0 aliphatic carbocycles. The van der Waals surface area contributed by atoms with Crippen molar-refractivity contribution in [1.29, 1.82) is 0 Å². The van der Waals surface area contributed by atoms with Crippen molar-refractivity contribution in [2.45, 2.75) is 19.4 Å². The van der Waals surface area contributed by atoms with Crippen LogP contribution in [-0.2, 0) is 6.42 Å². The Morgan fingerprint density at radius 2 is 1.96 bits per heavy atom. The van der Waals surface area contributed by atoms with Crippen molar-refractivity contribution in [1.82, 2.24) is 30.6 Å². The third kappa shape index (κ3) is 4.22. The third-order valence-corrected chi connectivity index (χ3v) is 4.30. The van der Waals surface area contributed by atoms with Gasteiger partial charge in [0.1, 0.15) is 5.69 Å². The minimum atomic E-state index is -0.334. The lowest BCUT2D eigenvalue weighted by Gasteiger charge is -2.16. The summed E-state index contributed by atoms with van der Waals surface area (Å²) in [5.74, 6) is -0.615. The molecule has 1 aromatic carbocycles. The van der Waals surface area contributed by atoms with Gasteiger partial charge in [0, 0.05) is 32.3 Å². The summed E-state index contributed by atoms with van der Waals surface area (Å²) >= 11 is 0. The van der Waals surface area contributed by atoms with Crippen molar-refractivity contribution in [2.24, 2.45) is 0 Å². The molecular formula is C19H22N6O2. The summed E-state index contributed by atoms with van der Waals surface area (Å²) in [6.07, 6.45) is 2.35. The Morgan fingerprint density at radius 3 is 2.63 bits per heavy atom. The third-order valence-electron chi connectivity index (χ3n) is 4.30. The lowest BCUT2D eigenvalue weighted by molar-refractivity contribution is 0.0938. The largest absolute Gasteiger partial charge is 0.354 e. The summed E-state index contributed by atoms with van der Waals surface area (Å²) < 4.78 is 1.59. The van der Waals surface area contributed by atoms with Crippen LogP contribution in [0.15, 0.2) is 48.7 Å². The van der Waals surface area contributed by atoms with E-state index >= 15 is 0 Å². The second-order valence-electron chi connectivity index (χ2n) is 6.10. The molecule has 0 aliphatic heterocycles. The maximum atomic E-state index is 12.7. The molecule has 0 saturated carbocycles. The molecule has 0 spiro atoms. The molecule has 27 heavy (non-hydrogen) atoms. The van der Waals surface area contributed by atoms with E-state index in [9.17, 15) is 9.59 Å². The number of benzene rings is 1. The van der Waals surface area contributed by atoms with E-state index in [1.807, 2.05) is 43.3 Å². The highest BCUT2D eigenvalue weighted by molar-refractivity contribution is 5.97. The fourth-order valence-electron chi connectivity index (χ4n) is 2.80. The number of aromatic amines is 1. The lowest BCUT2D eigenvalue weighted by atomic mass is 10.1. The normalized spacial score (nSPS) is 11.8. The Labute approximate surface area is 157 Å². The van der Waals surface area contributed by atoms with Gasteiger partial charge in [-0.15, -0.1) is 0 Å². The van der Waals surface area contributed by atoms with Gasteiger partial charge in [0.05, 0.1) is 11.7 Å². The first-order valence-electron chi connectivity index (χ1n) is 8.73. The van der Waals surface area contributed by atoms with Gasteiger partial charge in [-0.3, -0.25) is 19.4 Å². The molecule has 2 heterocycles. The van der Waals surface area contributed by atoms with E-state index in [0.717, 1.165) is 11.3 Å². The molecule has 2 amide bonds. The fourth-order valence-corrected chi connectivity index (χ4v) is 2.80. The van der Waals surface area contributed by atoms with Gasteiger partial charge in [0.2, 0.25) is 0 Å². The van der Waals surface area contributed by atoms with Crippen LogP contribution in [0.25, 0.3) is 0 Å². The van der Waals surface area contributed by atoms with E-state index in [4.69, 9.17) is 0 Å². The summed E-state index contributed by atoms with van der Waals surface area (Å²) in [5.41, 5.74) is 2.41. The summed E-state index contributed by atoms with van der Waals surface area (Å²) in [4.78, 5) is 24.7. The SMILES string of the molecule is CNC(=O)c1cc(C(=O)NCCc2cc[nH]n2)n([C@@H](C)c2ccccc2)n1. The number of carbonyl (C=O) groups is 2. The summed E-state index contributed by atoms with van der Waals surface area (Å²) in [6.45, 7) is 2.38. The second-order valence-corrected chi connectivity index (χ2v) is 6.10. The van der Waals surface area contributed by atoms with Gasteiger partial charge in [-0.2, -0.15) is 10.2 Å². The number of amides is 2. The molecule has 0 saturated heterocycles. The van der Waals surface area contributed by atoms with Gasteiger partial charge in [-0.1, -0.05) is 30.3 Å². The van der Waals surface area contributed by atoms with Crippen molar-refractivity contribution in [2.75, 3.05) is 13.6 Å². The molecule has 0 fully saturated rings. The van der Waals surface area contributed by atoms with Gasteiger partial charge >= 0.3 is 0 Å². The molecule has 0 radical (unpaired) electrons. The first-order valence-corrected chi connectivity index (χ1v) is 8.73. The molecule has 3 aromatic rings. The minimum absolute atomic E-state index is 0.198. The minimum Gasteiger partial charge on any atom is -0.354 e. The Balaban J connectivity index is 1.82. The van der Waals surface area contributed by atoms with Gasteiger partial charge in [0.25, 0.3) is 11.8 Å². The van der Waals surface area contributed by atoms with Crippen LogP contribution < -0.4 is 10.6 Å². The lowest BCUT2D eigenvalue weighted by Crippen LogP contribution is -2.29. The molecule has 0 bridgehead atoms. The molecule has 1 atom stereocenters.